The van der Waals surface area contributed by atoms with E-state index in [0.29, 0.717) is 11.5 Å². The van der Waals surface area contributed by atoms with Gasteiger partial charge in [-0.1, -0.05) is 38.2 Å². The van der Waals surface area contributed by atoms with Gasteiger partial charge in [0.1, 0.15) is 5.75 Å². The number of ether oxygens (including phenoxy) is 1. The number of rotatable bonds is 3. The second kappa shape index (κ2) is 5.89. The molecule has 0 aliphatic heterocycles. The smallest absolute Gasteiger partial charge is 0.337 e. The molecule has 2 rings (SSSR count). The Morgan fingerprint density at radius 2 is 2.06 bits per heavy atom. The molecule has 0 atom stereocenters. The Labute approximate surface area is 108 Å². The molecule has 3 heteroatoms. The number of benzene rings is 1. The fourth-order valence-corrected chi connectivity index (χ4v) is 2.68. The van der Waals surface area contributed by atoms with Crippen LogP contribution in [-0.2, 0) is 11.2 Å². The average Bonchev–Trinajstić information content (AvgIpc) is 2.41. The van der Waals surface area contributed by atoms with Crippen molar-refractivity contribution in [3.05, 3.63) is 29.3 Å². The number of hydrogen-bond donors (Lipinski definition) is 1. The second-order valence-corrected chi connectivity index (χ2v) is 5.04. The van der Waals surface area contributed by atoms with Crippen LogP contribution in [0.5, 0.6) is 5.75 Å². The molecule has 1 fully saturated rings. The molecule has 0 aromatic heterocycles. The molecule has 1 N–H and O–H groups in total. The fourth-order valence-electron chi connectivity index (χ4n) is 2.68. The first-order valence-corrected chi connectivity index (χ1v) is 6.61. The Hall–Kier alpha value is -1.51. The van der Waals surface area contributed by atoms with Crippen molar-refractivity contribution in [2.24, 2.45) is 5.92 Å². The summed E-state index contributed by atoms with van der Waals surface area (Å²) in [4.78, 5) is 11.3. The molecule has 3 nitrogen and oxygen atoms in total. The predicted octanol–water partition coefficient (Wildman–Crippen LogP) is 3.30. The summed E-state index contributed by atoms with van der Waals surface area (Å²) in [5.74, 6) is 0.478. The number of methoxy groups -OCH3 is 1. The van der Waals surface area contributed by atoms with Crippen LogP contribution in [0.25, 0.3) is 0 Å². The van der Waals surface area contributed by atoms with E-state index in [1.807, 2.05) is 6.07 Å². The molecule has 0 heterocycles. The molecule has 1 saturated carbocycles. The largest absolute Gasteiger partial charge is 0.508 e. The number of carbonyl (C=O) groups excluding carboxylic acids is 1. The molecule has 98 valence electrons. The Morgan fingerprint density at radius 3 is 2.67 bits per heavy atom. The van der Waals surface area contributed by atoms with Gasteiger partial charge in [-0.15, -0.1) is 0 Å². The lowest BCUT2D eigenvalue weighted by Crippen LogP contribution is -2.09. The molecule has 0 amide bonds. The first-order valence-electron chi connectivity index (χ1n) is 6.61. The fraction of sp³-hybridized carbons (Fsp3) is 0.533. The summed E-state index contributed by atoms with van der Waals surface area (Å²) in [6.45, 7) is 0. The van der Waals surface area contributed by atoms with Crippen LogP contribution in [0.3, 0.4) is 0 Å². The van der Waals surface area contributed by atoms with E-state index in [4.69, 9.17) is 0 Å². The van der Waals surface area contributed by atoms with Crippen molar-refractivity contribution in [2.75, 3.05) is 7.11 Å². The number of hydrogen-bond acceptors (Lipinski definition) is 3. The lowest BCUT2D eigenvalue weighted by Gasteiger charge is -2.21. The van der Waals surface area contributed by atoms with Gasteiger partial charge in [-0.25, -0.2) is 4.79 Å². The lowest BCUT2D eigenvalue weighted by atomic mass is 9.84. The second-order valence-electron chi connectivity index (χ2n) is 5.04. The third-order valence-corrected chi connectivity index (χ3v) is 3.74. The van der Waals surface area contributed by atoms with Crippen LogP contribution in [0.15, 0.2) is 18.2 Å². The van der Waals surface area contributed by atoms with Crippen LogP contribution < -0.4 is 0 Å². The third-order valence-electron chi connectivity index (χ3n) is 3.74. The minimum absolute atomic E-state index is 0.212. The minimum atomic E-state index is -0.408. The predicted molar refractivity (Wildman–Crippen MR) is 69.7 cm³/mol. The molecular weight excluding hydrogens is 228 g/mol. The molecule has 0 bridgehead atoms. The molecule has 0 radical (unpaired) electrons. The van der Waals surface area contributed by atoms with E-state index in [1.165, 1.54) is 45.3 Å². The molecule has 0 unspecified atom stereocenters. The maximum absolute atomic E-state index is 11.3. The van der Waals surface area contributed by atoms with Gasteiger partial charge in [-0.05, 0) is 30.0 Å². The van der Waals surface area contributed by atoms with Crippen molar-refractivity contribution in [1.29, 1.82) is 0 Å². The number of esters is 1. The summed E-state index contributed by atoms with van der Waals surface area (Å²) in [6, 6.07) is 5.07. The first kappa shape index (κ1) is 12.9. The van der Waals surface area contributed by atoms with Crippen LogP contribution in [-0.4, -0.2) is 18.2 Å². The first-order chi connectivity index (χ1) is 8.70. The van der Waals surface area contributed by atoms with Crippen molar-refractivity contribution in [3.8, 4) is 5.75 Å². The van der Waals surface area contributed by atoms with E-state index in [0.717, 1.165) is 12.0 Å². The van der Waals surface area contributed by atoms with Crippen LogP contribution in [0.1, 0.15) is 48.0 Å². The standard InChI is InChI=1S/C15H20O3/c1-18-15(17)13-8-7-12(14(16)10-13)9-11-5-3-2-4-6-11/h7-8,10-11,16H,2-6,9H2,1H3. The van der Waals surface area contributed by atoms with Crippen LogP contribution in [0.2, 0.25) is 0 Å². The van der Waals surface area contributed by atoms with Crippen molar-refractivity contribution in [2.45, 2.75) is 38.5 Å². The molecule has 1 aliphatic carbocycles. The van der Waals surface area contributed by atoms with E-state index in [2.05, 4.69) is 4.74 Å². The monoisotopic (exact) mass is 248 g/mol. The van der Waals surface area contributed by atoms with Gasteiger partial charge in [0.25, 0.3) is 0 Å². The van der Waals surface area contributed by atoms with Crippen LogP contribution in [0, 0.1) is 5.92 Å². The zero-order valence-corrected chi connectivity index (χ0v) is 10.8. The zero-order valence-electron chi connectivity index (χ0n) is 10.8. The Morgan fingerprint density at radius 1 is 1.33 bits per heavy atom. The van der Waals surface area contributed by atoms with E-state index in [-0.39, 0.29) is 5.75 Å². The molecule has 1 aliphatic rings. The summed E-state index contributed by atoms with van der Waals surface area (Å²) in [7, 11) is 1.34. The van der Waals surface area contributed by atoms with Crippen molar-refractivity contribution < 1.29 is 14.6 Å². The van der Waals surface area contributed by atoms with E-state index in [1.54, 1.807) is 6.07 Å². The van der Waals surface area contributed by atoms with Gasteiger partial charge >= 0.3 is 5.97 Å². The van der Waals surface area contributed by atoms with E-state index < -0.39 is 5.97 Å². The van der Waals surface area contributed by atoms with E-state index in [9.17, 15) is 9.90 Å². The van der Waals surface area contributed by atoms with E-state index >= 15 is 0 Å². The van der Waals surface area contributed by atoms with Crippen LogP contribution in [0.4, 0.5) is 0 Å². The number of carbonyl (C=O) groups is 1. The van der Waals surface area contributed by atoms with Crippen molar-refractivity contribution in [1.82, 2.24) is 0 Å². The molecule has 1 aromatic carbocycles. The number of phenols is 1. The molecule has 0 spiro atoms. The van der Waals surface area contributed by atoms with Crippen molar-refractivity contribution in [3.63, 3.8) is 0 Å². The maximum atomic E-state index is 11.3. The summed E-state index contributed by atoms with van der Waals surface area (Å²) in [5.41, 5.74) is 1.34. The summed E-state index contributed by atoms with van der Waals surface area (Å²) >= 11 is 0. The highest BCUT2D eigenvalue weighted by atomic mass is 16.5. The molecule has 18 heavy (non-hydrogen) atoms. The van der Waals surface area contributed by atoms with Gasteiger partial charge < -0.3 is 9.84 Å². The normalized spacial score (nSPS) is 16.5. The molecule has 1 aromatic rings. The van der Waals surface area contributed by atoms with Crippen molar-refractivity contribution >= 4 is 5.97 Å². The SMILES string of the molecule is COC(=O)c1ccc(CC2CCCCC2)c(O)c1. The van der Waals surface area contributed by atoms with Gasteiger partial charge in [0.05, 0.1) is 12.7 Å². The average molecular weight is 248 g/mol. The Balaban J connectivity index is 2.07. The summed E-state index contributed by atoms with van der Waals surface area (Å²) < 4.78 is 4.63. The zero-order chi connectivity index (χ0) is 13.0. The van der Waals surface area contributed by atoms with Gasteiger partial charge in [0, 0.05) is 0 Å². The summed E-state index contributed by atoms with van der Waals surface area (Å²) in [5, 5.41) is 9.96. The highest BCUT2D eigenvalue weighted by molar-refractivity contribution is 5.89. The highest BCUT2D eigenvalue weighted by Gasteiger charge is 2.16. The summed E-state index contributed by atoms with van der Waals surface area (Å²) in [6.07, 6.45) is 7.34. The van der Waals surface area contributed by atoms with Gasteiger partial charge in [0.15, 0.2) is 0 Å². The van der Waals surface area contributed by atoms with Gasteiger partial charge in [0.2, 0.25) is 0 Å². The minimum Gasteiger partial charge on any atom is -0.508 e. The quantitative estimate of drug-likeness (QED) is 0.835. The number of aromatic hydroxyl groups is 1. The maximum Gasteiger partial charge on any atom is 0.337 e. The topological polar surface area (TPSA) is 46.5 Å². The Bertz CT molecular complexity index is 420. The van der Waals surface area contributed by atoms with Gasteiger partial charge in [-0.2, -0.15) is 0 Å². The number of phenolic OH excluding ortho intramolecular Hbond substituents is 1. The highest BCUT2D eigenvalue weighted by Crippen LogP contribution is 2.30. The third kappa shape index (κ3) is 3.03. The van der Waals surface area contributed by atoms with Crippen LogP contribution >= 0.6 is 0 Å². The molecule has 0 saturated heterocycles. The molecular formula is C15H20O3. The lowest BCUT2D eigenvalue weighted by molar-refractivity contribution is 0.0600. The van der Waals surface area contributed by atoms with Gasteiger partial charge in [-0.3, -0.25) is 0 Å². The Kier molecular flexibility index (Phi) is 4.24.